The average molecular weight is 466 g/mol. The van der Waals surface area contributed by atoms with Crippen molar-refractivity contribution in [2.24, 2.45) is 5.41 Å². The van der Waals surface area contributed by atoms with Crippen LogP contribution < -0.4 is 5.32 Å². The topological polar surface area (TPSA) is 113 Å². The Labute approximate surface area is 191 Å². The van der Waals surface area contributed by atoms with Crippen molar-refractivity contribution in [1.82, 2.24) is 14.5 Å². The van der Waals surface area contributed by atoms with Gasteiger partial charge >= 0.3 is 6.09 Å². The molecule has 1 fully saturated rings. The Balaban J connectivity index is 2.02. The number of piperidine rings is 1. The van der Waals surface area contributed by atoms with Crippen LogP contribution in [-0.4, -0.2) is 59.6 Å². The van der Waals surface area contributed by atoms with Crippen LogP contribution in [0, 0.1) is 5.41 Å². The minimum Gasteiger partial charge on any atom is -0.465 e. The van der Waals surface area contributed by atoms with E-state index in [9.17, 15) is 23.8 Å². The summed E-state index contributed by atoms with van der Waals surface area (Å²) in [6, 6.07) is 8.52. The smallest absolute Gasteiger partial charge is 0.407 e. The predicted molar refractivity (Wildman–Crippen MR) is 127 cm³/mol. The molecule has 0 saturated carbocycles. The highest BCUT2D eigenvalue weighted by atomic mass is 32.3. The number of carbonyl (C=O) groups excluding carboxylic acids is 1. The van der Waals surface area contributed by atoms with Gasteiger partial charge in [0, 0.05) is 24.2 Å². The third-order valence-corrected chi connectivity index (χ3v) is 8.21. The molecule has 3 rings (SSSR count). The first kappa shape index (κ1) is 24.4. The van der Waals surface area contributed by atoms with Crippen molar-refractivity contribution in [3.8, 4) is 0 Å². The second-order valence-electron chi connectivity index (χ2n) is 10.6. The minimum absolute atomic E-state index is 0.178. The zero-order chi connectivity index (χ0) is 24.1. The summed E-state index contributed by atoms with van der Waals surface area (Å²) in [4.78, 5) is 26.9. The summed E-state index contributed by atoms with van der Waals surface area (Å²) in [5, 5.41) is 12.9. The van der Waals surface area contributed by atoms with E-state index in [4.69, 9.17) is 0 Å². The molecule has 2 aliphatic heterocycles. The summed E-state index contributed by atoms with van der Waals surface area (Å²) >= 11 is 0. The molecule has 0 aliphatic carbocycles. The second kappa shape index (κ2) is 8.28. The molecule has 2 amide bonds. The molecule has 1 aromatic carbocycles. The summed E-state index contributed by atoms with van der Waals surface area (Å²) in [5.41, 5.74) is -0.326. The molecule has 1 aromatic rings. The number of benzene rings is 1. The molecule has 2 aliphatic rings. The van der Waals surface area contributed by atoms with E-state index in [0.717, 1.165) is 4.31 Å². The van der Waals surface area contributed by atoms with E-state index in [1.54, 1.807) is 45.0 Å². The first-order valence-corrected chi connectivity index (χ1v) is 12.3. The van der Waals surface area contributed by atoms with E-state index < -0.39 is 28.3 Å². The maximum Gasteiger partial charge on any atom is 0.407 e. The van der Waals surface area contributed by atoms with Gasteiger partial charge in [-0.2, -0.15) is 0 Å². The van der Waals surface area contributed by atoms with Gasteiger partial charge < -0.3 is 15.3 Å². The van der Waals surface area contributed by atoms with Crippen molar-refractivity contribution in [2.45, 2.75) is 72.0 Å². The standard InChI is InChI=1S/C23H35N3O5S/c1-22(2,3)17-14-16(12-13-25(17)21(28)29)24-18-19(15-10-8-7-9-11-15)32(30,31)26(20(18)27)23(4,5)6/h7-11,16-17,24,30-31H,12-14H2,1-6H3,(H,28,29). The van der Waals surface area contributed by atoms with Crippen LogP contribution in [0.5, 0.6) is 0 Å². The summed E-state index contributed by atoms with van der Waals surface area (Å²) in [7, 11) is -3.56. The lowest BCUT2D eigenvalue weighted by molar-refractivity contribution is -0.125. The average Bonchev–Trinajstić information content (AvgIpc) is 2.86. The van der Waals surface area contributed by atoms with Crippen LogP contribution in [0.4, 0.5) is 4.79 Å². The van der Waals surface area contributed by atoms with Crippen LogP contribution in [0.15, 0.2) is 36.0 Å². The predicted octanol–water partition coefficient (Wildman–Crippen LogP) is 4.81. The molecular weight excluding hydrogens is 430 g/mol. The lowest BCUT2D eigenvalue weighted by Gasteiger charge is -2.45. The van der Waals surface area contributed by atoms with Crippen molar-refractivity contribution >= 4 is 27.7 Å². The largest absolute Gasteiger partial charge is 0.465 e. The molecule has 4 N–H and O–H groups in total. The molecule has 2 unspecified atom stereocenters. The molecule has 0 bridgehead atoms. The van der Waals surface area contributed by atoms with E-state index in [2.05, 4.69) is 5.32 Å². The van der Waals surface area contributed by atoms with Crippen LogP contribution in [0.3, 0.4) is 0 Å². The number of hydrogen-bond donors (Lipinski definition) is 4. The van der Waals surface area contributed by atoms with Crippen molar-refractivity contribution in [2.75, 3.05) is 6.54 Å². The molecular formula is C23H35N3O5S. The fourth-order valence-electron chi connectivity index (χ4n) is 4.60. The quantitative estimate of drug-likeness (QED) is 0.510. The van der Waals surface area contributed by atoms with E-state index in [0.29, 0.717) is 24.9 Å². The van der Waals surface area contributed by atoms with E-state index in [-0.39, 0.29) is 28.1 Å². The third-order valence-electron chi connectivity index (χ3n) is 6.00. The lowest BCUT2D eigenvalue weighted by atomic mass is 9.79. The van der Waals surface area contributed by atoms with Crippen LogP contribution in [0.2, 0.25) is 0 Å². The van der Waals surface area contributed by atoms with Gasteiger partial charge in [0.15, 0.2) is 0 Å². The van der Waals surface area contributed by atoms with Crippen molar-refractivity contribution < 1.29 is 23.8 Å². The molecule has 2 atom stereocenters. The molecule has 178 valence electrons. The Bertz CT molecular complexity index is 918. The first-order valence-electron chi connectivity index (χ1n) is 10.8. The number of carboxylic acid groups (broad SMARTS) is 1. The van der Waals surface area contributed by atoms with Crippen LogP contribution in [-0.2, 0) is 4.79 Å². The highest BCUT2D eigenvalue weighted by Crippen LogP contribution is 2.64. The Morgan fingerprint density at radius 3 is 2.19 bits per heavy atom. The number of likely N-dealkylation sites (tertiary alicyclic amines) is 1. The Morgan fingerprint density at radius 1 is 1.09 bits per heavy atom. The number of nitrogens with one attached hydrogen (secondary N) is 1. The molecule has 1 saturated heterocycles. The maximum atomic E-state index is 13.5. The maximum absolute atomic E-state index is 13.5. The number of nitrogens with zero attached hydrogens (tertiary/aromatic N) is 2. The molecule has 32 heavy (non-hydrogen) atoms. The number of amides is 2. The molecule has 2 heterocycles. The molecule has 0 spiro atoms. The minimum atomic E-state index is -3.56. The Morgan fingerprint density at radius 2 is 1.69 bits per heavy atom. The van der Waals surface area contributed by atoms with E-state index in [1.807, 2.05) is 26.8 Å². The fraction of sp³-hybridized carbons (Fsp3) is 0.565. The van der Waals surface area contributed by atoms with Crippen LogP contribution in [0.25, 0.3) is 4.91 Å². The summed E-state index contributed by atoms with van der Waals surface area (Å²) in [6.07, 6.45) is 0.0908. The number of hydrogen-bond acceptors (Lipinski definition) is 5. The summed E-state index contributed by atoms with van der Waals surface area (Å²) in [5.74, 6) is -0.454. The van der Waals surface area contributed by atoms with Gasteiger partial charge in [-0.15, -0.1) is 0 Å². The normalized spacial score (nSPS) is 25.2. The fourth-order valence-corrected chi connectivity index (χ4v) is 6.74. The zero-order valence-corrected chi connectivity index (χ0v) is 20.4. The molecule has 8 nitrogen and oxygen atoms in total. The van der Waals surface area contributed by atoms with Gasteiger partial charge in [0.25, 0.3) is 5.91 Å². The lowest BCUT2D eigenvalue weighted by Crippen LogP contribution is -2.55. The van der Waals surface area contributed by atoms with Crippen molar-refractivity contribution in [3.05, 3.63) is 41.6 Å². The van der Waals surface area contributed by atoms with Crippen LogP contribution >= 0.6 is 10.8 Å². The number of rotatable bonds is 3. The summed E-state index contributed by atoms with van der Waals surface area (Å²) in [6.45, 7) is 11.7. The SMILES string of the molecule is CC(C)(C)C1CC(NC2=C(c3ccccc3)S(O)(O)N(C(C)(C)C)C2=O)CCN1C(=O)O. The van der Waals surface area contributed by atoms with Gasteiger partial charge in [-0.1, -0.05) is 61.9 Å². The molecule has 0 aromatic heterocycles. The summed E-state index contributed by atoms with van der Waals surface area (Å²) < 4.78 is 23.6. The first-order chi connectivity index (χ1) is 14.7. The second-order valence-corrected chi connectivity index (χ2v) is 12.4. The van der Waals surface area contributed by atoms with Crippen molar-refractivity contribution in [1.29, 1.82) is 0 Å². The third kappa shape index (κ3) is 4.46. The van der Waals surface area contributed by atoms with Gasteiger partial charge in [0.1, 0.15) is 10.6 Å². The van der Waals surface area contributed by atoms with Gasteiger partial charge in [0.05, 0.1) is 5.54 Å². The van der Waals surface area contributed by atoms with Gasteiger partial charge in [-0.25, -0.2) is 9.10 Å². The van der Waals surface area contributed by atoms with Gasteiger partial charge in [0.2, 0.25) is 0 Å². The molecule has 9 heteroatoms. The highest BCUT2D eigenvalue weighted by molar-refractivity contribution is 8.31. The Hall–Kier alpha value is -2.23. The van der Waals surface area contributed by atoms with E-state index in [1.165, 1.54) is 4.90 Å². The highest BCUT2D eigenvalue weighted by Gasteiger charge is 2.50. The van der Waals surface area contributed by atoms with E-state index >= 15 is 0 Å². The number of carbonyl (C=O) groups is 2. The monoisotopic (exact) mass is 465 g/mol. The van der Waals surface area contributed by atoms with Crippen LogP contribution in [0.1, 0.15) is 59.9 Å². The Kier molecular flexibility index (Phi) is 6.32. The van der Waals surface area contributed by atoms with Crippen molar-refractivity contribution in [3.63, 3.8) is 0 Å². The van der Waals surface area contributed by atoms with Gasteiger partial charge in [-0.3, -0.25) is 13.9 Å². The molecule has 0 radical (unpaired) electrons. The van der Waals surface area contributed by atoms with Gasteiger partial charge in [-0.05, 0) is 39.0 Å². The zero-order valence-electron chi connectivity index (χ0n) is 19.6.